The Morgan fingerprint density at radius 1 is 1.08 bits per heavy atom. The van der Waals surface area contributed by atoms with E-state index < -0.39 is 0 Å². The van der Waals surface area contributed by atoms with Crippen molar-refractivity contribution in [2.45, 2.75) is 51.6 Å². The predicted octanol–water partition coefficient (Wildman–Crippen LogP) is 4.77. The maximum atomic E-state index is 5.75. The van der Waals surface area contributed by atoms with Crippen LogP contribution in [0.3, 0.4) is 0 Å². The first-order valence-corrected chi connectivity index (χ1v) is 10.2. The van der Waals surface area contributed by atoms with Gasteiger partial charge in [0.1, 0.15) is 0 Å². The van der Waals surface area contributed by atoms with Crippen LogP contribution in [0.2, 0.25) is 0 Å². The average Bonchev–Trinajstić information content (AvgIpc) is 2.54. The molecule has 0 unspecified atom stereocenters. The van der Waals surface area contributed by atoms with Crippen LogP contribution in [0.1, 0.15) is 44.6 Å². The number of benzene rings is 1. The smallest absolute Gasteiger partial charge is 0.174 e. The number of nitrogens with one attached hydrogen (secondary N) is 1. The van der Waals surface area contributed by atoms with E-state index >= 15 is 0 Å². The quantitative estimate of drug-likeness (QED) is 0.754. The zero-order valence-electron chi connectivity index (χ0n) is 14.7. The van der Waals surface area contributed by atoms with Crippen molar-refractivity contribution in [1.82, 2.24) is 5.32 Å². The molecular weight excluding hydrogens is 366 g/mol. The minimum absolute atomic E-state index is 0.648. The van der Waals surface area contributed by atoms with Crippen molar-refractivity contribution in [3.05, 3.63) is 22.2 Å². The van der Waals surface area contributed by atoms with Crippen LogP contribution in [0.5, 0.6) is 11.5 Å². The van der Waals surface area contributed by atoms with E-state index in [-0.39, 0.29) is 0 Å². The second-order valence-corrected chi connectivity index (χ2v) is 8.73. The SMILES string of the molecule is CCOc1cc(CNC2C3CC4CC(C3)CC2C4)cc(Br)c1OC. The molecule has 4 saturated carbocycles. The lowest BCUT2D eigenvalue weighted by atomic mass is 9.54. The molecule has 4 heteroatoms. The first-order chi connectivity index (χ1) is 11.7. The van der Waals surface area contributed by atoms with Crippen molar-refractivity contribution in [3.63, 3.8) is 0 Å². The molecule has 4 fully saturated rings. The lowest BCUT2D eigenvalue weighted by Crippen LogP contribution is -2.54. The molecule has 1 N–H and O–H groups in total. The molecular formula is C20H28BrNO2. The maximum absolute atomic E-state index is 5.75. The highest BCUT2D eigenvalue weighted by Crippen LogP contribution is 2.53. The van der Waals surface area contributed by atoms with Gasteiger partial charge in [0.15, 0.2) is 11.5 Å². The number of halogens is 1. The van der Waals surface area contributed by atoms with Gasteiger partial charge in [-0.05, 0) is 96.3 Å². The highest BCUT2D eigenvalue weighted by atomic mass is 79.9. The molecule has 3 nitrogen and oxygen atoms in total. The third kappa shape index (κ3) is 3.08. The summed E-state index contributed by atoms with van der Waals surface area (Å²) in [7, 11) is 1.69. The van der Waals surface area contributed by atoms with Crippen LogP contribution >= 0.6 is 15.9 Å². The molecule has 132 valence electrons. The second kappa shape index (κ2) is 6.87. The minimum Gasteiger partial charge on any atom is -0.492 e. The van der Waals surface area contributed by atoms with E-state index in [1.165, 1.54) is 37.7 Å². The van der Waals surface area contributed by atoms with Crippen LogP contribution in [0.15, 0.2) is 16.6 Å². The molecule has 0 atom stereocenters. The molecule has 5 rings (SSSR count). The summed E-state index contributed by atoms with van der Waals surface area (Å²) in [4.78, 5) is 0. The second-order valence-electron chi connectivity index (χ2n) is 7.88. The van der Waals surface area contributed by atoms with Gasteiger partial charge in [-0.15, -0.1) is 0 Å². The zero-order valence-corrected chi connectivity index (χ0v) is 16.3. The summed E-state index contributed by atoms with van der Waals surface area (Å²) in [6, 6.07) is 5.00. The highest BCUT2D eigenvalue weighted by Gasteiger charge is 2.47. The molecule has 0 heterocycles. The van der Waals surface area contributed by atoms with Crippen LogP contribution in [0.4, 0.5) is 0 Å². The summed E-state index contributed by atoms with van der Waals surface area (Å²) < 4.78 is 12.2. The van der Waals surface area contributed by atoms with E-state index in [0.29, 0.717) is 12.6 Å². The molecule has 0 aliphatic heterocycles. The van der Waals surface area contributed by atoms with Gasteiger partial charge >= 0.3 is 0 Å². The summed E-state index contributed by atoms with van der Waals surface area (Å²) in [6.07, 6.45) is 7.35. The predicted molar refractivity (Wildman–Crippen MR) is 99.5 cm³/mol. The molecule has 0 radical (unpaired) electrons. The van der Waals surface area contributed by atoms with E-state index in [4.69, 9.17) is 9.47 Å². The van der Waals surface area contributed by atoms with E-state index in [0.717, 1.165) is 46.2 Å². The molecule has 0 saturated heterocycles. The third-order valence-electron chi connectivity index (χ3n) is 6.34. The van der Waals surface area contributed by atoms with E-state index in [9.17, 15) is 0 Å². The lowest BCUT2D eigenvalue weighted by Gasteiger charge is -2.54. The summed E-state index contributed by atoms with van der Waals surface area (Å²) in [5.41, 5.74) is 1.26. The van der Waals surface area contributed by atoms with Crippen molar-refractivity contribution >= 4 is 15.9 Å². The van der Waals surface area contributed by atoms with E-state index in [2.05, 4.69) is 33.4 Å². The Balaban J connectivity index is 1.46. The van der Waals surface area contributed by atoms with Gasteiger partial charge in [-0.2, -0.15) is 0 Å². The molecule has 24 heavy (non-hydrogen) atoms. The molecule has 4 aliphatic carbocycles. The lowest BCUT2D eigenvalue weighted by molar-refractivity contribution is -0.0142. The van der Waals surface area contributed by atoms with Gasteiger partial charge in [0, 0.05) is 12.6 Å². The normalized spacial score (nSPS) is 33.7. The zero-order chi connectivity index (χ0) is 16.7. The number of hydrogen-bond acceptors (Lipinski definition) is 3. The minimum atomic E-state index is 0.648. The Morgan fingerprint density at radius 3 is 2.33 bits per heavy atom. The molecule has 0 aromatic heterocycles. The van der Waals surface area contributed by atoms with E-state index in [1.54, 1.807) is 7.11 Å². The molecule has 4 bridgehead atoms. The molecule has 1 aromatic rings. The topological polar surface area (TPSA) is 30.5 Å². The third-order valence-corrected chi connectivity index (χ3v) is 6.93. The molecule has 4 aliphatic rings. The fourth-order valence-corrected chi connectivity index (χ4v) is 6.33. The first kappa shape index (κ1) is 16.7. The maximum Gasteiger partial charge on any atom is 0.174 e. The Bertz CT molecular complexity index is 576. The molecule has 0 spiro atoms. The number of methoxy groups -OCH3 is 1. The van der Waals surface area contributed by atoms with Crippen LogP contribution < -0.4 is 14.8 Å². The number of hydrogen-bond donors (Lipinski definition) is 1. The van der Waals surface area contributed by atoms with Gasteiger partial charge in [0.2, 0.25) is 0 Å². The largest absolute Gasteiger partial charge is 0.492 e. The fourth-order valence-electron chi connectivity index (χ4n) is 5.68. The highest BCUT2D eigenvalue weighted by molar-refractivity contribution is 9.10. The Labute approximate surface area is 153 Å². The van der Waals surface area contributed by atoms with Crippen LogP contribution in [-0.4, -0.2) is 19.8 Å². The monoisotopic (exact) mass is 393 g/mol. The van der Waals surface area contributed by atoms with Crippen molar-refractivity contribution in [2.75, 3.05) is 13.7 Å². The summed E-state index contributed by atoms with van der Waals surface area (Å²) in [6.45, 7) is 3.57. The average molecular weight is 394 g/mol. The van der Waals surface area contributed by atoms with Gasteiger partial charge in [-0.1, -0.05) is 0 Å². The molecule has 0 amide bonds. The van der Waals surface area contributed by atoms with Gasteiger partial charge in [0.05, 0.1) is 18.2 Å². The van der Waals surface area contributed by atoms with Crippen molar-refractivity contribution in [1.29, 1.82) is 0 Å². The van der Waals surface area contributed by atoms with Crippen molar-refractivity contribution in [2.24, 2.45) is 23.7 Å². The van der Waals surface area contributed by atoms with Crippen LogP contribution in [0.25, 0.3) is 0 Å². The van der Waals surface area contributed by atoms with Gasteiger partial charge in [-0.25, -0.2) is 0 Å². The van der Waals surface area contributed by atoms with Gasteiger partial charge in [0.25, 0.3) is 0 Å². The number of ether oxygens (including phenoxy) is 2. The van der Waals surface area contributed by atoms with Crippen molar-refractivity contribution in [3.8, 4) is 11.5 Å². The van der Waals surface area contributed by atoms with Crippen molar-refractivity contribution < 1.29 is 9.47 Å². The van der Waals surface area contributed by atoms with E-state index in [1.807, 2.05) is 6.92 Å². The fraction of sp³-hybridized carbons (Fsp3) is 0.700. The molecule has 1 aromatic carbocycles. The van der Waals surface area contributed by atoms with Crippen LogP contribution in [-0.2, 0) is 6.54 Å². The standard InChI is InChI=1S/C20H28BrNO2/c1-3-24-18-10-14(9-17(21)20(18)23-2)11-22-19-15-5-12-4-13(7-15)8-16(19)6-12/h9-10,12-13,15-16,19,22H,3-8,11H2,1-2H3. The number of rotatable bonds is 6. The summed E-state index contributed by atoms with van der Waals surface area (Å²) >= 11 is 3.62. The Hall–Kier alpha value is -0.740. The van der Waals surface area contributed by atoms with Gasteiger partial charge in [-0.3, -0.25) is 0 Å². The van der Waals surface area contributed by atoms with Gasteiger partial charge < -0.3 is 14.8 Å². The first-order valence-electron chi connectivity index (χ1n) is 9.40. The summed E-state index contributed by atoms with van der Waals surface area (Å²) in [5.74, 6) is 5.51. The Morgan fingerprint density at radius 2 is 1.75 bits per heavy atom. The van der Waals surface area contributed by atoms with Crippen LogP contribution in [0, 0.1) is 23.7 Å². The Kier molecular flexibility index (Phi) is 4.79. The summed E-state index contributed by atoms with van der Waals surface area (Å²) in [5, 5.41) is 3.90.